The lowest BCUT2D eigenvalue weighted by Crippen LogP contribution is -2.38. The second-order valence-corrected chi connectivity index (χ2v) is 6.19. The highest BCUT2D eigenvalue weighted by Gasteiger charge is 2.23. The van der Waals surface area contributed by atoms with Crippen molar-refractivity contribution in [1.29, 1.82) is 0 Å². The number of anilines is 1. The SMILES string of the molecule is CCOC(=O)c1csc(N2CCC(Oc3ccccc3)CC2)n1. The quantitative estimate of drug-likeness (QED) is 0.786. The normalized spacial score (nSPS) is 15.4. The number of ether oxygens (including phenoxy) is 2. The minimum absolute atomic E-state index is 0.234. The number of hydrogen-bond acceptors (Lipinski definition) is 6. The van der Waals surface area contributed by atoms with Gasteiger partial charge in [-0.15, -0.1) is 11.3 Å². The number of piperidine rings is 1. The van der Waals surface area contributed by atoms with E-state index in [2.05, 4.69) is 9.88 Å². The van der Waals surface area contributed by atoms with Crippen molar-refractivity contribution in [3.63, 3.8) is 0 Å². The number of thiazole rings is 1. The Kier molecular flexibility index (Phi) is 5.12. The number of carbonyl (C=O) groups excluding carboxylic acids is 1. The first-order valence-corrected chi connectivity index (χ1v) is 8.73. The van der Waals surface area contributed by atoms with E-state index in [1.54, 1.807) is 12.3 Å². The zero-order chi connectivity index (χ0) is 16.1. The van der Waals surface area contributed by atoms with E-state index in [9.17, 15) is 4.79 Å². The van der Waals surface area contributed by atoms with Crippen LogP contribution in [0.25, 0.3) is 0 Å². The Morgan fingerprint density at radius 3 is 2.74 bits per heavy atom. The highest BCUT2D eigenvalue weighted by Crippen LogP contribution is 2.26. The van der Waals surface area contributed by atoms with Crippen LogP contribution in [0.4, 0.5) is 5.13 Å². The summed E-state index contributed by atoms with van der Waals surface area (Å²) >= 11 is 1.49. The Morgan fingerprint density at radius 1 is 1.30 bits per heavy atom. The molecule has 1 aliphatic heterocycles. The Balaban J connectivity index is 1.54. The summed E-state index contributed by atoms with van der Waals surface area (Å²) < 4.78 is 11.0. The maximum Gasteiger partial charge on any atom is 0.357 e. The van der Waals surface area contributed by atoms with Gasteiger partial charge in [-0.2, -0.15) is 0 Å². The van der Waals surface area contributed by atoms with Crippen molar-refractivity contribution in [2.24, 2.45) is 0 Å². The van der Waals surface area contributed by atoms with Crippen molar-refractivity contribution in [3.05, 3.63) is 41.4 Å². The fourth-order valence-electron chi connectivity index (χ4n) is 2.56. The second-order valence-electron chi connectivity index (χ2n) is 5.35. The molecule has 5 nitrogen and oxygen atoms in total. The number of carbonyl (C=O) groups is 1. The third kappa shape index (κ3) is 4.01. The molecule has 1 aromatic carbocycles. The first-order chi connectivity index (χ1) is 11.3. The average molecular weight is 332 g/mol. The molecule has 0 amide bonds. The van der Waals surface area contributed by atoms with Gasteiger partial charge in [0.05, 0.1) is 6.61 Å². The summed E-state index contributed by atoms with van der Waals surface area (Å²) in [5, 5.41) is 2.64. The molecule has 0 radical (unpaired) electrons. The largest absolute Gasteiger partial charge is 0.490 e. The molecule has 0 bridgehead atoms. The lowest BCUT2D eigenvalue weighted by molar-refractivity contribution is 0.0520. The van der Waals surface area contributed by atoms with E-state index in [0.29, 0.717) is 12.3 Å². The van der Waals surface area contributed by atoms with E-state index in [-0.39, 0.29) is 12.1 Å². The maximum absolute atomic E-state index is 11.7. The minimum atomic E-state index is -0.350. The molecule has 0 saturated carbocycles. The Labute approximate surface area is 139 Å². The van der Waals surface area contributed by atoms with Crippen LogP contribution in [-0.2, 0) is 4.74 Å². The lowest BCUT2D eigenvalue weighted by Gasteiger charge is -2.31. The van der Waals surface area contributed by atoms with Crippen molar-refractivity contribution >= 4 is 22.4 Å². The van der Waals surface area contributed by atoms with Crippen LogP contribution in [0.15, 0.2) is 35.7 Å². The van der Waals surface area contributed by atoms with Crippen LogP contribution in [0.2, 0.25) is 0 Å². The van der Waals surface area contributed by atoms with Gasteiger partial charge >= 0.3 is 5.97 Å². The zero-order valence-electron chi connectivity index (χ0n) is 13.1. The molecule has 122 valence electrons. The molecule has 0 atom stereocenters. The van der Waals surface area contributed by atoms with E-state index in [0.717, 1.165) is 36.8 Å². The second kappa shape index (κ2) is 7.46. The van der Waals surface area contributed by atoms with Crippen LogP contribution in [0.3, 0.4) is 0 Å². The molecule has 3 rings (SSSR count). The number of aromatic nitrogens is 1. The van der Waals surface area contributed by atoms with Crippen LogP contribution < -0.4 is 9.64 Å². The van der Waals surface area contributed by atoms with Gasteiger partial charge in [-0.3, -0.25) is 0 Å². The summed E-state index contributed by atoms with van der Waals surface area (Å²) in [6, 6.07) is 9.92. The Morgan fingerprint density at radius 2 is 2.04 bits per heavy atom. The molecule has 1 fully saturated rings. The molecule has 1 aromatic heterocycles. The predicted molar refractivity (Wildman–Crippen MR) is 90.4 cm³/mol. The standard InChI is InChI=1S/C17H20N2O3S/c1-2-21-16(20)15-12-23-17(18-15)19-10-8-14(9-11-19)22-13-6-4-3-5-7-13/h3-7,12,14H,2,8-11H2,1H3. The molecule has 0 N–H and O–H groups in total. The molecule has 2 aromatic rings. The monoisotopic (exact) mass is 332 g/mol. The van der Waals surface area contributed by atoms with Gasteiger partial charge in [0.2, 0.25) is 0 Å². The number of hydrogen-bond donors (Lipinski definition) is 0. The minimum Gasteiger partial charge on any atom is -0.490 e. The summed E-state index contributed by atoms with van der Waals surface area (Å²) in [7, 11) is 0. The number of esters is 1. The van der Waals surface area contributed by atoms with Gasteiger partial charge in [-0.25, -0.2) is 9.78 Å². The zero-order valence-corrected chi connectivity index (χ0v) is 13.9. The van der Waals surface area contributed by atoms with Crippen LogP contribution in [0.5, 0.6) is 5.75 Å². The van der Waals surface area contributed by atoms with Crippen LogP contribution in [0, 0.1) is 0 Å². The Bertz CT molecular complexity index is 636. The predicted octanol–water partition coefficient (Wildman–Crippen LogP) is 3.37. The fourth-order valence-corrected chi connectivity index (χ4v) is 3.41. The van der Waals surface area contributed by atoms with Crippen molar-refractivity contribution in [3.8, 4) is 5.75 Å². The molecular weight excluding hydrogens is 312 g/mol. The maximum atomic E-state index is 11.7. The number of rotatable bonds is 5. The molecule has 0 spiro atoms. The number of benzene rings is 1. The lowest BCUT2D eigenvalue weighted by atomic mass is 10.1. The van der Waals surface area contributed by atoms with Crippen molar-refractivity contribution < 1.29 is 14.3 Å². The summed E-state index contributed by atoms with van der Waals surface area (Å²) in [5.41, 5.74) is 0.398. The molecule has 0 aliphatic carbocycles. The molecule has 1 aliphatic rings. The molecule has 0 unspecified atom stereocenters. The van der Waals surface area contributed by atoms with Gasteiger partial charge in [0, 0.05) is 31.3 Å². The molecule has 6 heteroatoms. The third-order valence-electron chi connectivity index (χ3n) is 3.74. The van der Waals surface area contributed by atoms with E-state index in [4.69, 9.17) is 9.47 Å². The van der Waals surface area contributed by atoms with Gasteiger partial charge < -0.3 is 14.4 Å². The van der Waals surface area contributed by atoms with Gasteiger partial charge in [0.15, 0.2) is 10.8 Å². The van der Waals surface area contributed by atoms with Crippen molar-refractivity contribution in [1.82, 2.24) is 4.98 Å². The van der Waals surface area contributed by atoms with Crippen molar-refractivity contribution in [2.75, 3.05) is 24.6 Å². The smallest absolute Gasteiger partial charge is 0.357 e. The molecular formula is C17H20N2O3S. The van der Waals surface area contributed by atoms with Gasteiger partial charge in [-0.05, 0) is 19.1 Å². The first-order valence-electron chi connectivity index (χ1n) is 7.85. The van der Waals surface area contributed by atoms with E-state index < -0.39 is 0 Å². The van der Waals surface area contributed by atoms with E-state index in [1.807, 2.05) is 30.3 Å². The summed E-state index contributed by atoms with van der Waals surface area (Å²) in [6.45, 7) is 3.93. The van der Waals surface area contributed by atoms with Gasteiger partial charge in [0.25, 0.3) is 0 Å². The first kappa shape index (κ1) is 15.8. The van der Waals surface area contributed by atoms with Crippen molar-refractivity contribution in [2.45, 2.75) is 25.9 Å². The van der Waals surface area contributed by atoms with Crippen LogP contribution in [0.1, 0.15) is 30.3 Å². The fraction of sp³-hybridized carbons (Fsp3) is 0.412. The summed E-state index contributed by atoms with van der Waals surface area (Å²) in [5.74, 6) is 0.571. The number of para-hydroxylation sites is 1. The van der Waals surface area contributed by atoms with E-state index in [1.165, 1.54) is 11.3 Å². The summed E-state index contributed by atoms with van der Waals surface area (Å²) in [4.78, 5) is 18.3. The Hall–Kier alpha value is -2.08. The third-order valence-corrected chi connectivity index (χ3v) is 4.64. The molecule has 2 heterocycles. The summed E-state index contributed by atoms with van der Waals surface area (Å²) in [6.07, 6.45) is 2.13. The molecule has 1 saturated heterocycles. The van der Waals surface area contributed by atoms with Gasteiger partial charge in [-0.1, -0.05) is 18.2 Å². The highest BCUT2D eigenvalue weighted by atomic mass is 32.1. The van der Waals surface area contributed by atoms with Gasteiger partial charge in [0.1, 0.15) is 11.9 Å². The van der Waals surface area contributed by atoms with E-state index >= 15 is 0 Å². The van der Waals surface area contributed by atoms with Crippen LogP contribution >= 0.6 is 11.3 Å². The average Bonchev–Trinajstić information content (AvgIpc) is 3.07. The number of nitrogens with zero attached hydrogens (tertiary/aromatic N) is 2. The highest BCUT2D eigenvalue weighted by molar-refractivity contribution is 7.13. The topological polar surface area (TPSA) is 51.7 Å². The molecule has 23 heavy (non-hydrogen) atoms. The van der Waals surface area contributed by atoms with Crippen LogP contribution in [-0.4, -0.2) is 36.8 Å².